The number of carbonyl (C=O) groups excluding carboxylic acids is 2. The summed E-state index contributed by atoms with van der Waals surface area (Å²) in [6.07, 6.45) is 16.8. The van der Waals surface area contributed by atoms with Crippen LogP contribution in [0.25, 0.3) is 10.8 Å². The van der Waals surface area contributed by atoms with Crippen molar-refractivity contribution >= 4 is 34.2 Å². The van der Waals surface area contributed by atoms with Crippen LogP contribution in [0.3, 0.4) is 0 Å². The number of hydrogen-bond acceptors (Lipinski definition) is 4. The number of imide groups is 1. The van der Waals surface area contributed by atoms with E-state index in [1.165, 1.54) is 75.5 Å². The van der Waals surface area contributed by atoms with Crippen LogP contribution in [0.2, 0.25) is 0 Å². The molecule has 6 nitrogen and oxygen atoms in total. The van der Waals surface area contributed by atoms with E-state index in [-0.39, 0.29) is 24.8 Å². The molecule has 1 aliphatic heterocycles. The Bertz CT molecular complexity index is 1030. The Morgan fingerprint density at radius 2 is 1.35 bits per heavy atom. The van der Waals surface area contributed by atoms with Gasteiger partial charge in [0.15, 0.2) is 0 Å². The van der Waals surface area contributed by atoms with Gasteiger partial charge in [0.25, 0.3) is 11.8 Å². The van der Waals surface area contributed by atoms with E-state index >= 15 is 0 Å². The molecular weight excluding hydrogens is 464 g/mol. The molecule has 0 unspecified atom stereocenters. The predicted molar refractivity (Wildman–Crippen MR) is 150 cm³/mol. The first-order valence-corrected chi connectivity index (χ1v) is 14.4. The Morgan fingerprint density at radius 3 is 1.97 bits per heavy atom. The minimum absolute atomic E-state index is 0.0383. The minimum atomic E-state index is -0.866. The number of carboxylic acid groups (broad SMARTS) is 1. The lowest BCUT2D eigenvalue weighted by Crippen LogP contribution is -2.40. The van der Waals surface area contributed by atoms with Gasteiger partial charge >= 0.3 is 5.97 Å². The van der Waals surface area contributed by atoms with Crippen LogP contribution in [0.1, 0.15) is 124 Å². The molecule has 0 saturated heterocycles. The molecule has 0 atom stereocenters. The van der Waals surface area contributed by atoms with Gasteiger partial charge in [0.2, 0.25) is 0 Å². The highest BCUT2D eigenvalue weighted by Crippen LogP contribution is 2.34. The van der Waals surface area contributed by atoms with Gasteiger partial charge in [-0.05, 0) is 37.5 Å². The van der Waals surface area contributed by atoms with Crippen LogP contribution in [0.4, 0.5) is 5.69 Å². The fourth-order valence-electron chi connectivity index (χ4n) is 5.24. The molecule has 3 rings (SSSR count). The average Bonchev–Trinajstić information content (AvgIpc) is 2.89. The maximum absolute atomic E-state index is 13.1. The average molecular weight is 509 g/mol. The summed E-state index contributed by atoms with van der Waals surface area (Å²) in [7, 11) is 0. The molecule has 0 fully saturated rings. The monoisotopic (exact) mass is 508 g/mol. The first-order chi connectivity index (χ1) is 18.0. The second-order valence-electron chi connectivity index (χ2n) is 10.3. The van der Waals surface area contributed by atoms with Crippen LogP contribution in [-0.2, 0) is 4.79 Å². The molecular formula is C31H44N2O4. The number of nitrogens with one attached hydrogen (secondary N) is 1. The lowest BCUT2D eigenvalue weighted by atomic mass is 9.92. The molecule has 0 saturated carbocycles. The second kappa shape index (κ2) is 15.4. The molecule has 6 heteroatoms. The van der Waals surface area contributed by atoms with Crippen molar-refractivity contribution in [2.75, 3.05) is 18.4 Å². The minimum Gasteiger partial charge on any atom is -0.481 e. The van der Waals surface area contributed by atoms with Crippen molar-refractivity contribution in [2.24, 2.45) is 0 Å². The van der Waals surface area contributed by atoms with Crippen molar-refractivity contribution < 1.29 is 19.5 Å². The Balaban J connectivity index is 1.45. The summed E-state index contributed by atoms with van der Waals surface area (Å²) in [5.41, 5.74) is 2.04. The van der Waals surface area contributed by atoms with Gasteiger partial charge in [0.1, 0.15) is 0 Å². The van der Waals surface area contributed by atoms with Gasteiger partial charge in [0, 0.05) is 47.1 Å². The summed E-state index contributed by atoms with van der Waals surface area (Å²) in [5, 5.41) is 14.0. The third kappa shape index (κ3) is 8.31. The highest BCUT2D eigenvalue weighted by Gasteiger charge is 2.32. The van der Waals surface area contributed by atoms with Crippen LogP contribution < -0.4 is 5.32 Å². The van der Waals surface area contributed by atoms with Gasteiger partial charge in [-0.2, -0.15) is 0 Å². The van der Waals surface area contributed by atoms with Crippen LogP contribution >= 0.6 is 0 Å². The molecule has 1 aliphatic rings. The molecule has 0 radical (unpaired) electrons. The lowest BCUT2D eigenvalue weighted by Gasteiger charge is -2.28. The maximum Gasteiger partial charge on any atom is 0.303 e. The van der Waals surface area contributed by atoms with Crippen molar-refractivity contribution in [3.8, 4) is 0 Å². The number of hydrogen-bond donors (Lipinski definition) is 2. The zero-order chi connectivity index (χ0) is 26.5. The number of rotatable bonds is 19. The molecule has 0 aromatic heterocycles. The highest BCUT2D eigenvalue weighted by molar-refractivity contribution is 6.26. The number of carboxylic acids is 1. The van der Waals surface area contributed by atoms with E-state index in [2.05, 4.69) is 12.2 Å². The summed E-state index contributed by atoms with van der Waals surface area (Å²) >= 11 is 0. The van der Waals surface area contributed by atoms with Gasteiger partial charge in [-0.1, -0.05) is 89.7 Å². The first-order valence-electron chi connectivity index (χ1n) is 14.4. The molecule has 1 heterocycles. The summed E-state index contributed by atoms with van der Waals surface area (Å²) in [4.78, 5) is 38.2. The van der Waals surface area contributed by atoms with Crippen molar-refractivity contribution in [1.29, 1.82) is 0 Å². The Labute approximate surface area is 221 Å². The Kier molecular flexibility index (Phi) is 11.9. The molecule has 2 aromatic rings. The summed E-state index contributed by atoms with van der Waals surface area (Å²) < 4.78 is 0. The van der Waals surface area contributed by atoms with E-state index in [0.717, 1.165) is 29.4 Å². The summed E-state index contributed by atoms with van der Waals surface area (Å²) in [5.74, 6) is -1.46. The van der Waals surface area contributed by atoms with E-state index < -0.39 is 5.97 Å². The third-order valence-electron chi connectivity index (χ3n) is 7.36. The van der Waals surface area contributed by atoms with Crippen LogP contribution in [0, 0.1) is 0 Å². The smallest absolute Gasteiger partial charge is 0.303 e. The number of aliphatic carboxylic acids is 1. The van der Waals surface area contributed by atoms with Crippen LogP contribution in [-0.4, -0.2) is 40.9 Å². The molecule has 2 N–H and O–H groups in total. The van der Waals surface area contributed by atoms with Crippen LogP contribution in [0.5, 0.6) is 0 Å². The van der Waals surface area contributed by atoms with Crippen molar-refractivity contribution in [1.82, 2.24) is 4.90 Å². The molecule has 202 valence electrons. The molecule has 2 amide bonds. The number of anilines is 1. The molecule has 0 aliphatic carbocycles. The normalized spacial score (nSPS) is 12.9. The third-order valence-corrected chi connectivity index (χ3v) is 7.36. The van der Waals surface area contributed by atoms with Gasteiger partial charge in [-0.15, -0.1) is 0 Å². The van der Waals surface area contributed by atoms with Gasteiger partial charge in [-0.3, -0.25) is 19.3 Å². The van der Waals surface area contributed by atoms with Crippen molar-refractivity contribution in [3.63, 3.8) is 0 Å². The van der Waals surface area contributed by atoms with Crippen molar-refractivity contribution in [3.05, 3.63) is 41.5 Å². The fourth-order valence-corrected chi connectivity index (χ4v) is 5.24. The Morgan fingerprint density at radius 1 is 0.757 bits per heavy atom. The van der Waals surface area contributed by atoms with E-state index in [1.54, 1.807) is 6.07 Å². The molecule has 37 heavy (non-hydrogen) atoms. The molecule has 0 bridgehead atoms. The highest BCUT2D eigenvalue weighted by atomic mass is 16.4. The summed E-state index contributed by atoms with van der Waals surface area (Å²) in [6, 6.07) is 9.37. The zero-order valence-electron chi connectivity index (χ0n) is 22.5. The standard InChI is InChI=1S/C31H44N2O4/c1-2-3-4-5-6-7-8-9-10-11-12-14-22-32-27-21-20-26-29-24(27)17-16-18-25(29)30(36)33(31(26)37)23-15-13-19-28(34)35/h16-18,20-21,32H,2-15,19,22-23H2,1H3,(H,34,35). The quantitative estimate of drug-likeness (QED) is 0.149. The zero-order valence-corrected chi connectivity index (χ0v) is 22.5. The SMILES string of the molecule is CCCCCCCCCCCCCCNc1ccc2c3c(cccc13)C(=O)N(CCCCC(=O)O)C2=O. The largest absolute Gasteiger partial charge is 0.481 e. The second-order valence-corrected chi connectivity index (χ2v) is 10.3. The predicted octanol–water partition coefficient (Wildman–Crippen LogP) is 7.80. The number of nitrogens with zero attached hydrogens (tertiary/aromatic N) is 1. The topological polar surface area (TPSA) is 86.7 Å². The fraction of sp³-hybridized carbons (Fsp3) is 0.581. The van der Waals surface area contributed by atoms with E-state index in [1.807, 2.05) is 24.3 Å². The van der Waals surface area contributed by atoms with Crippen LogP contribution in [0.15, 0.2) is 30.3 Å². The maximum atomic E-state index is 13.1. The first kappa shape index (κ1) is 28.7. The molecule has 0 spiro atoms. The number of amides is 2. The van der Waals surface area contributed by atoms with Gasteiger partial charge in [0.05, 0.1) is 0 Å². The Hall–Kier alpha value is -2.89. The van der Waals surface area contributed by atoms with Gasteiger partial charge in [-0.25, -0.2) is 0 Å². The molecule has 2 aromatic carbocycles. The van der Waals surface area contributed by atoms with Gasteiger partial charge < -0.3 is 10.4 Å². The number of unbranched alkanes of at least 4 members (excludes halogenated alkanes) is 12. The number of carbonyl (C=O) groups is 3. The van der Waals surface area contributed by atoms with E-state index in [0.29, 0.717) is 24.0 Å². The lowest BCUT2D eigenvalue weighted by molar-refractivity contribution is -0.137. The van der Waals surface area contributed by atoms with Crippen molar-refractivity contribution in [2.45, 2.75) is 103 Å². The van der Waals surface area contributed by atoms with E-state index in [9.17, 15) is 14.4 Å². The summed E-state index contributed by atoms with van der Waals surface area (Å²) in [6.45, 7) is 3.37. The number of benzene rings is 2. The van der Waals surface area contributed by atoms with E-state index in [4.69, 9.17) is 5.11 Å².